The topological polar surface area (TPSA) is 51.8 Å². The highest BCUT2D eigenvalue weighted by Crippen LogP contribution is 2.41. The number of hydrogen-bond acceptors (Lipinski definition) is 3. The molecule has 2 N–H and O–H groups in total. The maximum absolute atomic E-state index is 5.93. The monoisotopic (exact) mass is 317 g/mol. The van der Waals surface area contributed by atoms with Gasteiger partial charge in [0.25, 0.3) is 0 Å². The van der Waals surface area contributed by atoms with Crippen molar-refractivity contribution in [2.75, 3.05) is 6.54 Å². The van der Waals surface area contributed by atoms with Crippen LogP contribution < -0.4 is 5.73 Å². The zero-order chi connectivity index (χ0) is 13.3. The molecule has 1 aliphatic rings. The van der Waals surface area contributed by atoms with Crippen LogP contribution in [-0.4, -0.2) is 16.5 Å². The van der Waals surface area contributed by atoms with Crippen LogP contribution in [0.25, 0.3) is 11.3 Å². The minimum atomic E-state index is 0.0159. The molecule has 1 aromatic carbocycles. The third-order valence-electron chi connectivity index (χ3n) is 3.95. The standard InChI is InChI=1S/C15H16BrN3/c16-12-4-1-3-11(9-12)13-5-8-18-14(19-13)15(10-17)6-2-7-15/h1,3-5,8-9H,2,6-7,10,17H2. The van der Waals surface area contributed by atoms with E-state index < -0.39 is 0 Å². The molecule has 0 atom stereocenters. The number of hydrogen-bond donors (Lipinski definition) is 1. The van der Waals surface area contributed by atoms with Crippen molar-refractivity contribution < 1.29 is 0 Å². The molecule has 98 valence electrons. The predicted molar refractivity (Wildman–Crippen MR) is 79.8 cm³/mol. The summed E-state index contributed by atoms with van der Waals surface area (Å²) in [4.78, 5) is 9.19. The van der Waals surface area contributed by atoms with Gasteiger partial charge in [0.2, 0.25) is 0 Å². The lowest BCUT2D eigenvalue weighted by Gasteiger charge is -2.39. The minimum absolute atomic E-state index is 0.0159. The first-order valence-electron chi connectivity index (χ1n) is 6.53. The fourth-order valence-electron chi connectivity index (χ4n) is 2.55. The second kappa shape index (κ2) is 5.02. The molecule has 1 aliphatic carbocycles. The first kappa shape index (κ1) is 12.8. The second-order valence-electron chi connectivity index (χ2n) is 5.11. The maximum atomic E-state index is 5.93. The predicted octanol–water partition coefficient (Wildman–Crippen LogP) is 3.29. The highest BCUT2D eigenvalue weighted by molar-refractivity contribution is 9.10. The van der Waals surface area contributed by atoms with E-state index in [0.717, 1.165) is 34.4 Å². The average molecular weight is 318 g/mol. The second-order valence-corrected chi connectivity index (χ2v) is 6.03. The normalized spacial score (nSPS) is 16.9. The van der Waals surface area contributed by atoms with E-state index in [1.807, 2.05) is 24.4 Å². The average Bonchev–Trinajstić information content (AvgIpc) is 2.39. The molecule has 19 heavy (non-hydrogen) atoms. The van der Waals surface area contributed by atoms with E-state index in [9.17, 15) is 0 Å². The molecule has 0 radical (unpaired) electrons. The molecule has 0 unspecified atom stereocenters. The van der Waals surface area contributed by atoms with Gasteiger partial charge < -0.3 is 5.73 Å². The van der Waals surface area contributed by atoms with E-state index in [1.165, 1.54) is 6.42 Å². The Kier molecular flexibility index (Phi) is 3.37. The van der Waals surface area contributed by atoms with E-state index in [1.54, 1.807) is 0 Å². The lowest BCUT2D eigenvalue weighted by molar-refractivity contribution is 0.238. The first-order chi connectivity index (χ1) is 9.23. The third kappa shape index (κ3) is 2.30. The molecule has 1 fully saturated rings. The molecule has 1 aromatic heterocycles. The van der Waals surface area contributed by atoms with Crippen molar-refractivity contribution in [3.05, 3.63) is 46.8 Å². The summed E-state index contributed by atoms with van der Waals surface area (Å²) in [6.07, 6.45) is 5.27. The summed E-state index contributed by atoms with van der Waals surface area (Å²) in [7, 11) is 0. The molecular formula is C15H16BrN3. The van der Waals surface area contributed by atoms with Gasteiger partial charge in [-0.15, -0.1) is 0 Å². The largest absolute Gasteiger partial charge is 0.329 e. The van der Waals surface area contributed by atoms with Crippen LogP contribution in [0.4, 0.5) is 0 Å². The summed E-state index contributed by atoms with van der Waals surface area (Å²) in [5.74, 6) is 0.902. The Morgan fingerprint density at radius 1 is 1.26 bits per heavy atom. The van der Waals surface area contributed by atoms with Gasteiger partial charge in [0.05, 0.1) is 5.69 Å². The summed E-state index contributed by atoms with van der Waals surface area (Å²) in [6.45, 7) is 0.634. The van der Waals surface area contributed by atoms with E-state index in [-0.39, 0.29) is 5.41 Å². The van der Waals surface area contributed by atoms with Crippen molar-refractivity contribution in [3.63, 3.8) is 0 Å². The summed E-state index contributed by atoms with van der Waals surface area (Å²) in [5, 5.41) is 0. The van der Waals surface area contributed by atoms with Crippen molar-refractivity contribution >= 4 is 15.9 Å². The molecule has 0 amide bonds. The zero-order valence-electron chi connectivity index (χ0n) is 10.6. The van der Waals surface area contributed by atoms with Gasteiger partial charge in [0.15, 0.2) is 0 Å². The zero-order valence-corrected chi connectivity index (χ0v) is 12.2. The fraction of sp³-hybridized carbons (Fsp3) is 0.333. The molecule has 2 aromatic rings. The lowest BCUT2D eigenvalue weighted by atomic mass is 9.68. The van der Waals surface area contributed by atoms with E-state index in [2.05, 4.69) is 33.0 Å². The number of rotatable bonds is 3. The Labute approximate surface area is 121 Å². The van der Waals surface area contributed by atoms with Crippen molar-refractivity contribution in [2.24, 2.45) is 5.73 Å². The first-order valence-corrected chi connectivity index (χ1v) is 7.32. The Balaban J connectivity index is 2.00. The minimum Gasteiger partial charge on any atom is -0.329 e. The van der Waals surface area contributed by atoms with Gasteiger partial charge in [0, 0.05) is 28.2 Å². The molecule has 1 heterocycles. The summed E-state index contributed by atoms with van der Waals surface area (Å²) < 4.78 is 1.06. The van der Waals surface area contributed by atoms with Gasteiger partial charge in [-0.05, 0) is 31.0 Å². The van der Waals surface area contributed by atoms with Gasteiger partial charge in [-0.1, -0.05) is 34.5 Å². The van der Waals surface area contributed by atoms with Crippen LogP contribution in [0.5, 0.6) is 0 Å². The van der Waals surface area contributed by atoms with Gasteiger partial charge in [0.1, 0.15) is 5.82 Å². The van der Waals surface area contributed by atoms with Crippen LogP contribution in [0.1, 0.15) is 25.1 Å². The van der Waals surface area contributed by atoms with Crippen molar-refractivity contribution in [1.82, 2.24) is 9.97 Å². The molecule has 4 heteroatoms. The van der Waals surface area contributed by atoms with Crippen LogP contribution in [0.3, 0.4) is 0 Å². The van der Waals surface area contributed by atoms with Gasteiger partial charge in [-0.2, -0.15) is 0 Å². The van der Waals surface area contributed by atoms with Crippen molar-refractivity contribution in [1.29, 1.82) is 0 Å². The Hall–Kier alpha value is -1.26. The highest BCUT2D eigenvalue weighted by atomic mass is 79.9. The number of aromatic nitrogens is 2. The number of nitrogens with zero attached hydrogens (tertiary/aromatic N) is 2. The molecule has 0 bridgehead atoms. The number of benzene rings is 1. The molecule has 1 saturated carbocycles. The molecule has 3 nitrogen and oxygen atoms in total. The molecule has 0 saturated heterocycles. The van der Waals surface area contributed by atoms with E-state index in [0.29, 0.717) is 6.54 Å². The fourth-order valence-corrected chi connectivity index (χ4v) is 2.94. The molecule has 3 rings (SSSR count). The SMILES string of the molecule is NCC1(c2nccc(-c3cccc(Br)c3)n2)CCC1. The molecule has 0 aliphatic heterocycles. The smallest absolute Gasteiger partial charge is 0.136 e. The van der Waals surface area contributed by atoms with Crippen LogP contribution in [0.2, 0.25) is 0 Å². The van der Waals surface area contributed by atoms with E-state index in [4.69, 9.17) is 10.7 Å². The van der Waals surface area contributed by atoms with E-state index >= 15 is 0 Å². The lowest BCUT2D eigenvalue weighted by Crippen LogP contribution is -2.43. The third-order valence-corrected chi connectivity index (χ3v) is 4.44. The van der Waals surface area contributed by atoms with Crippen molar-refractivity contribution in [2.45, 2.75) is 24.7 Å². The molecular weight excluding hydrogens is 302 g/mol. The van der Waals surface area contributed by atoms with Crippen LogP contribution in [0.15, 0.2) is 41.0 Å². The summed E-state index contributed by atoms with van der Waals surface area (Å²) >= 11 is 3.49. The van der Waals surface area contributed by atoms with Gasteiger partial charge in [-0.25, -0.2) is 9.97 Å². The van der Waals surface area contributed by atoms with Gasteiger partial charge in [-0.3, -0.25) is 0 Å². The summed E-state index contributed by atoms with van der Waals surface area (Å²) in [5.41, 5.74) is 8.01. The quantitative estimate of drug-likeness (QED) is 0.945. The number of nitrogens with two attached hydrogens (primary N) is 1. The van der Waals surface area contributed by atoms with Gasteiger partial charge >= 0.3 is 0 Å². The molecule has 0 spiro atoms. The Morgan fingerprint density at radius 2 is 2.11 bits per heavy atom. The van der Waals surface area contributed by atoms with Crippen LogP contribution >= 0.6 is 15.9 Å². The highest BCUT2D eigenvalue weighted by Gasteiger charge is 2.40. The van der Waals surface area contributed by atoms with Crippen LogP contribution in [0, 0.1) is 0 Å². The Morgan fingerprint density at radius 3 is 2.74 bits per heavy atom. The number of halogens is 1. The maximum Gasteiger partial charge on any atom is 0.136 e. The van der Waals surface area contributed by atoms with Crippen LogP contribution in [-0.2, 0) is 5.41 Å². The van der Waals surface area contributed by atoms with Crippen molar-refractivity contribution in [3.8, 4) is 11.3 Å². The Bertz CT molecular complexity index is 588. The summed E-state index contributed by atoms with van der Waals surface area (Å²) in [6, 6.07) is 10.1.